The van der Waals surface area contributed by atoms with E-state index in [9.17, 15) is 27.0 Å². The van der Waals surface area contributed by atoms with Crippen LogP contribution in [0.15, 0.2) is 42.5 Å². The molecule has 0 spiro atoms. The normalized spacial score (nSPS) is 12.4. The highest BCUT2D eigenvalue weighted by molar-refractivity contribution is 7.95. The Morgan fingerprint density at radius 1 is 0.800 bits per heavy atom. The first-order chi connectivity index (χ1) is 11.5. The molecule has 0 fully saturated rings. The van der Waals surface area contributed by atoms with Crippen LogP contribution in [0.2, 0.25) is 0 Å². The number of hydrogen-bond acceptors (Lipinski definition) is 8. The molecule has 3 N–H and O–H groups in total. The fourth-order valence-electron chi connectivity index (χ4n) is 1.77. The van der Waals surface area contributed by atoms with Gasteiger partial charge in [0.05, 0.1) is 0 Å². The summed E-state index contributed by atoms with van der Waals surface area (Å²) in [7, 11) is -10.4. The molecule has 0 heterocycles. The van der Waals surface area contributed by atoms with Gasteiger partial charge in [-0.2, -0.15) is 16.8 Å². The highest BCUT2D eigenvalue weighted by atomic mass is 32.3. The van der Waals surface area contributed by atoms with E-state index >= 15 is 0 Å². The maximum Gasteiger partial charge on any atom is 0.465 e. The van der Waals surface area contributed by atoms with Gasteiger partial charge in [0.25, 0.3) is 0 Å². The van der Waals surface area contributed by atoms with Crippen molar-refractivity contribution in [3.8, 4) is 17.2 Å². The van der Waals surface area contributed by atoms with Gasteiger partial charge in [0, 0.05) is 6.07 Å². The van der Waals surface area contributed by atoms with E-state index in [-0.39, 0.29) is 11.5 Å². The average Bonchev–Trinajstić information content (AvgIpc) is 2.42. The molecule has 9 nitrogen and oxygen atoms in total. The summed E-state index contributed by atoms with van der Waals surface area (Å²) in [5.74, 6) is -0.701. The molecule has 134 valence electrons. The topological polar surface area (TPSA) is 147 Å². The predicted octanol–water partition coefficient (Wildman–Crippen LogP) is 1.71. The molecule has 0 bridgehead atoms. The minimum absolute atomic E-state index is 0.0919. The van der Waals surface area contributed by atoms with Crippen LogP contribution in [0.4, 0.5) is 0 Å². The second kappa shape index (κ2) is 7.11. The lowest BCUT2D eigenvalue weighted by Gasteiger charge is -2.06. The Morgan fingerprint density at radius 3 is 2.00 bits per heavy atom. The average molecular weight is 388 g/mol. The van der Waals surface area contributed by atoms with E-state index in [2.05, 4.69) is 7.81 Å². The third-order valence-electron chi connectivity index (χ3n) is 2.64. The summed E-state index contributed by atoms with van der Waals surface area (Å²) in [5.41, 5.74) is 1.04. The first kappa shape index (κ1) is 18.7. The standard InChI is InChI=1S/C14H12O9S2/c15-12-5-3-10(4-6-12)1-2-11-7-13(16)9-14(8-11)22-25(20,21)23-24(17,18)19/h1-9,15-16H,(H,17,18,19). The van der Waals surface area contributed by atoms with Crippen LogP contribution in [0.25, 0.3) is 12.2 Å². The highest BCUT2D eigenvalue weighted by Crippen LogP contribution is 2.25. The Labute approximate surface area is 143 Å². The fraction of sp³-hybridized carbons (Fsp3) is 0. The van der Waals surface area contributed by atoms with Crippen LogP contribution >= 0.6 is 0 Å². The number of rotatable bonds is 6. The first-order valence-corrected chi connectivity index (χ1v) is 9.16. The lowest BCUT2D eigenvalue weighted by Crippen LogP contribution is -2.17. The van der Waals surface area contributed by atoms with Crippen molar-refractivity contribution in [3.63, 3.8) is 0 Å². The van der Waals surface area contributed by atoms with E-state index in [0.29, 0.717) is 11.1 Å². The molecule has 0 unspecified atom stereocenters. The van der Waals surface area contributed by atoms with Crippen molar-refractivity contribution in [3.05, 3.63) is 53.6 Å². The summed E-state index contributed by atoms with van der Waals surface area (Å²) in [6.07, 6.45) is 3.12. The number of hydrogen-bond donors (Lipinski definition) is 3. The zero-order valence-electron chi connectivity index (χ0n) is 12.3. The molecular formula is C14H12O9S2. The van der Waals surface area contributed by atoms with Crippen LogP contribution < -0.4 is 4.18 Å². The molecule has 0 atom stereocenters. The van der Waals surface area contributed by atoms with Crippen molar-refractivity contribution in [2.45, 2.75) is 0 Å². The van der Waals surface area contributed by atoms with Gasteiger partial charge in [-0.25, -0.2) is 0 Å². The third-order valence-corrected chi connectivity index (χ3v) is 4.39. The highest BCUT2D eigenvalue weighted by Gasteiger charge is 2.23. The van der Waals surface area contributed by atoms with E-state index in [0.717, 1.165) is 6.07 Å². The summed E-state index contributed by atoms with van der Waals surface area (Å²) < 4.78 is 59.7. The Kier molecular flexibility index (Phi) is 5.33. The summed E-state index contributed by atoms with van der Waals surface area (Å²) >= 11 is 0. The van der Waals surface area contributed by atoms with Gasteiger partial charge in [0.15, 0.2) is 0 Å². The zero-order chi connectivity index (χ0) is 18.7. The van der Waals surface area contributed by atoms with Gasteiger partial charge in [-0.15, -0.1) is 0 Å². The smallest absolute Gasteiger partial charge is 0.465 e. The largest absolute Gasteiger partial charge is 0.508 e. The molecule has 0 amide bonds. The molecule has 0 aliphatic carbocycles. The molecule has 0 radical (unpaired) electrons. The lowest BCUT2D eigenvalue weighted by atomic mass is 10.1. The molecule has 0 saturated carbocycles. The first-order valence-electron chi connectivity index (χ1n) is 6.46. The summed E-state index contributed by atoms with van der Waals surface area (Å²) in [6.45, 7) is 0. The molecule has 0 aliphatic heterocycles. The lowest BCUT2D eigenvalue weighted by molar-refractivity contribution is 0.347. The molecule has 2 aromatic carbocycles. The van der Waals surface area contributed by atoms with Crippen LogP contribution in [-0.4, -0.2) is 31.6 Å². The number of phenols is 2. The number of phenolic OH excluding ortho intramolecular Hbond substituents is 2. The van der Waals surface area contributed by atoms with E-state index < -0.39 is 26.5 Å². The SMILES string of the molecule is O=S(=O)(O)OS(=O)(=O)Oc1cc(O)cc(C=Cc2ccc(O)cc2)c1. The molecule has 2 rings (SSSR count). The molecule has 25 heavy (non-hydrogen) atoms. The summed E-state index contributed by atoms with van der Waals surface area (Å²) in [6, 6.07) is 9.56. The van der Waals surface area contributed by atoms with Crippen LogP contribution in [-0.2, 0) is 24.4 Å². The van der Waals surface area contributed by atoms with E-state index in [1.165, 1.54) is 30.3 Å². The zero-order valence-corrected chi connectivity index (χ0v) is 13.9. The van der Waals surface area contributed by atoms with Gasteiger partial charge in [0.2, 0.25) is 0 Å². The molecule has 2 aromatic rings. The van der Waals surface area contributed by atoms with Crippen molar-refractivity contribution in [1.29, 1.82) is 0 Å². The van der Waals surface area contributed by atoms with E-state index in [1.807, 2.05) is 0 Å². The van der Waals surface area contributed by atoms with E-state index in [4.69, 9.17) is 4.55 Å². The van der Waals surface area contributed by atoms with Crippen molar-refractivity contribution in [2.75, 3.05) is 0 Å². The van der Waals surface area contributed by atoms with Crippen LogP contribution in [0.5, 0.6) is 17.2 Å². The second-order valence-corrected chi connectivity index (χ2v) is 7.06. The van der Waals surface area contributed by atoms with Crippen LogP contribution in [0.1, 0.15) is 11.1 Å². The Hall–Kier alpha value is -2.60. The minimum Gasteiger partial charge on any atom is -0.508 e. The van der Waals surface area contributed by atoms with Crippen molar-refractivity contribution >= 4 is 33.0 Å². The molecule has 0 aromatic heterocycles. The molecule has 0 aliphatic rings. The Morgan fingerprint density at radius 2 is 1.40 bits per heavy atom. The fourth-order valence-corrected chi connectivity index (χ4v) is 3.05. The molecule has 0 saturated heterocycles. The maximum atomic E-state index is 11.3. The monoisotopic (exact) mass is 388 g/mol. The van der Waals surface area contributed by atoms with Gasteiger partial charge < -0.3 is 14.4 Å². The van der Waals surface area contributed by atoms with Crippen molar-refractivity contribution in [1.82, 2.24) is 0 Å². The maximum absolute atomic E-state index is 11.3. The molecule has 11 heteroatoms. The minimum atomic E-state index is -5.28. The van der Waals surface area contributed by atoms with Gasteiger partial charge >= 0.3 is 20.8 Å². The predicted molar refractivity (Wildman–Crippen MR) is 87.3 cm³/mol. The van der Waals surface area contributed by atoms with Crippen LogP contribution in [0, 0.1) is 0 Å². The van der Waals surface area contributed by atoms with Crippen molar-refractivity contribution in [2.24, 2.45) is 0 Å². The van der Waals surface area contributed by atoms with Crippen molar-refractivity contribution < 1.29 is 39.4 Å². The second-order valence-electron chi connectivity index (χ2n) is 4.67. The van der Waals surface area contributed by atoms with Gasteiger partial charge in [-0.1, -0.05) is 27.9 Å². The van der Waals surface area contributed by atoms with Gasteiger partial charge in [-0.3, -0.25) is 4.55 Å². The number of benzene rings is 2. The van der Waals surface area contributed by atoms with Gasteiger partial charge in [0.1, 0.15) is 17.2 Å². The van der Waals surface area contributed by atoms with Crippen LogP contribution in [0.3, 0.4) is 0 Å². The number of aromatic hydroxyl groups is 2. The van der Waals surface area contributed by atoms with Gasteiger partial charge in [-0.05, 0) is 35.4 Å². The van der Waals surface area contributed by atoms with E-state index in [1.54, 1.807) is 18.2 Å². The Bertz CT molecular complexity index is 991. The quantitative estimate of drug-likeness (QED) is 0.497. The summed E-state index contributed by atoms with van der Waals surface area (Å²) in [5, 5.41) is 18.8. The Balaban J connectivity index is 2.24. The summed E-state index contributed by atoms with van der Waals surface area (Å²) in [4.78, 5) is 0. The molecular weight excluding hydrogens is 376 g/mol. The third kappa shape index (κ3) is 6.43.